The summed E-state index contributed by atoms with van der Waals surface area (Å²) in [5.41, 5.74) is 5.59. The number of nitrogens with one attached hydrogen (secondary N) is 1. The summed E-state index contributed by atoms with van der Waals surface area (Å²) in [6, 6.07) is 10.1. The smallest absolute Gasteiger partial charge is 0.255 e. The Kier molecular flexibility index (Phi) is 3.79. The van der Waals surface area contributed by atoms with Gasteiger partial charge in [0.2, 0.25) is 0 Å². The lowest BCUT2D eigenvalue weighted by Gasteiger charge is -2.17. The third kappa shape index (κ3) is 3.14. The molecule has 0 radical (unpaired) electrons. The number of aromatic nitrogens is 3. The van der Waals surface area contributed by atoms with Crippen molar-refractivity contribution >= 4 is 16.8 Å². The fourth-order valence-corrected chi connectivity index (χ4v) is 3.19. The van der Waals surface area contributed by atoms with Gasteiger partial charge in [0.05, 0.1) is 34.7 Å². The molecule has 128 valence electrons. The Bertz CT molecular complexity index is 955. The van der Waals surface area contributed by atoms with Crippen molar-refractivity contribution in [3.05, 3.63) is 58.5 Å². The maximum Gasteiger partial charge on any atom is 0.255 e. The molecule has 0 aliphatic heterocycles. The molecule has 4 rings (SSSR count). The number of amides is 1. The molecule has 0 bridgehead atoms. The lowest BCUT2D eigenvalue weighted by molar-refractivity contribution is 0.0782. The number of benzene rings is 1. The van der Waals surface area contributed by atoms with Crippen molar-refractivity contribution in [2.75, 3.05) is 7.05 Å². The molecule has 3 aromatic rings. The van der Waals surface area contributed by atoms with Crippen LogP contribution in [0.5, 0.6) is 0 Å². The van der Waals surface area contributed by atoms with Crippen molar-refractivity contribution in [2.24, 2.45) is 0 Å². The molecule has 2 aromatic heterocycles. The van der Waals surface area contributed by atoms with Crippen LogP contribution in [0.4, 0.5) is 0 Å². The van der Waals surface area contributed by atoms with E-state index in [4.69, 9.17) is 0 Å². The van der Waals surface area contributed by atoms with E-state index in [1.807, 2.05) is 39.1 Å². The minimum Gasteiger partial charge on any atom is -0.336 e. The van der Waals surface area contributed by atoms with Gasteiger partial charge in [-0.25, -0.2) is 0 Å². The molecule has 1 N–H and O–H groups in total. The number of H-pyrrole nitrogens is 1. The van der Waals surface area contributed by atoms with E-state index in [2.05, 4.69) is 27.3 Å². The van der Waals surface area contributed by atoms with Crippen LogP contribution in [-0.2, 0) is 6.54 Å². The molecule has 1 aliphatic rings. The van der Waals surface area contributed by atoms with Crippen LogP contribution in [-0.4, -0.2) is 33.0 Å². The zero-order valence-corrected chi connectivity index (χ0v) is 14.8. The molecule has 0 spiro atoms. The number of hydrogen-bond donors (Lipinski definition) is 1. The molecule has 5 heteroatoms. The summed E-state index contributed by atoms with van der Waals surface area (Å²) in [5.74, 6) is 0.595. The van der Waals surface area contributed by atoms with Gasteiger partial charge in [-0.1, -0.05) is 11.6 Å². The molecule has 2 heterocycles. The predicted molar refractivity (Wildman–Crippen MR) is 97.6 cm³/mol. The molecule has 1 aromatic carbocycles. The second-order valence-electron chi connectivity index (χ2n) is 7.07. The van der Waals surface area contributed by atoms with Crippen LogP contribution in [0.3, 0.4) is 0 Å². The fourth-order valence-electron chi connectivity index (χ4n) is 3.19. The minimum absolute atomic E-state index is 0.0176. The first-order chi connectivity index (χ1) is 12.0. The van der Waals surface area contributed by atoms with Crippen LogP contribution in [0.25, 0.3) is 10.9 Å². The van der Waals surface area contributed by atoms with Gasteiger partial charge in [-0.05, 0) is 51.0 Å². The van der Waals surface area contributed by atoms with Crippen molar-refractivity contribution in [3.8, 4) is 0 Å². The Morgan fingerprint density at radius 3 is 2.80 bits per heavy atom. The molecular formula is C20H22N4O. The molecule has 1 fully saturated rings. The summed E-state index contributed by atoms with van der Waals surface area (Å²) in [4.78, 5) is 19.2. The van der Waals surface area contributed by atoms with Crippen LogP contribution >= 0.6 is 0 Å². The van der Waals surface area contributed by atoms with Gasteiger partial charge in [0, 0.05) is 18.4 Å². The van der Waals surface area contributed by atoms with Crippen LogP contribution < -0.4 is 0 Å². The number of rotatable bonds is 4. The Labute approximate surface area is 147 Å². The third-order valence-electron chi connectivity index (χ3n) is 4.79. The predicted octanol–water partition coefficient (Wildman–Crippen LogP) is 3.72. The van der Waals surface area contributed by atoms with E-state index < -0.39 is 0 Å². The van der Waals surface area contributed by atoms with Crippen molar-refractivity contribution in [1.82, 2.24) is 20.1 Å². The highest BCUT2D eigenvalue weighted by Gasteiger charge is 2.26. The second kappa shape index (κ2) is 5.99. The number of fused-ring (bicyclic) bond motifs is 1. The number of hydrogen-bond acceptors (Lipinski definition) is 3. The van der Waals surface area contributed by atoms with Gasteiger partial charge in [-0.3, -0.25) is 14.9 Å². The molecule has 1 amide bonds. The topological polar surface area (TPSA) is 61.9 Å². The average molecular weight is 334 g/mol. The number of aromatic amines is 1. The van der Waals surface area contributed by atoms with E-state index in [0.717, 1.165) is 33.5 Å². The van der Waals surface area contributed by atoms with E-state index in [-0.39, 0.29) is 5.91 Å². The Hall–Kier alpha value is -2.69. The van der Waals surface area contributed by atoms with Gasteiger partial charge >= 0.3 is 0 Å². The van der Waals surface area contributed by atoms with E-state index in [1.54, 1.807) is 4.90 Å². The highest BCUT2D eigenvalue weighted by Crippen LogP contribution is 2.39. The van der Waals surface area contributed by atoms with Crippen molar-refractivity contribution in [3.63, 3.8) is 0 Å². The van der Waals surface area contributed by atoms with E-state index in [9.17, 15) is 4.79 Å². The number of carbonyl (C=O) groups excluding carboxylic acids is 1. The molecule has 1 saturated carbocycles. The molecule has 5 nitrogen and oxygen atoms in total. The number of aryl methyl sites for hydroxylation is 2. The van der Waals surface area contributed by atoms with Crippen LogP contribution in [0, 0.1) is 13.8 Å². The molecule has 1 aliphatic carbocycles. The normalized spacial score (nSPS) is 14.0. The average Bonchev–Trinajstić information content (AvgIpc) is 3.34. The summed E-state index contributed by atoms with van der Waals surface area (Å²) >= 11 is 0. The summed E-state index contributed by atoms with van der Waals surface area (Å²) in [6.07, 6.45) is 2.45. The highest BCUT2D eigenvalue weighted by molar-refractivity contribution is 5.98. The van der Waals surface area contributed by atoms with Gasteiger partial charge in [0.25, 0.3) is 5.91 Å². The summed E-state index contributed by atoms with van der Waals surface area (Å²) in [5, 5.41) is 8.41. The van der Waals surface area contributed by atoms with E-state index in [1.165, 1.54) is 12.8 Å². The lowest BCUT2D eigenvalue weighted by atomic mass is 10.1. The molecule has 0 atom stereocenters. The minimum atomic E-state index is -0.0176. The largest absolute Gasteiger partial charge is 0.336 e. The summed E-state index contributed by atoms with van der Waals surface area (Å²) in [6.45, 7) is 4.45. The first-order valence-corrected chi connectivity index (χ1v) is 8.69. The van der Waals surface area contributed by atoms with Gasteiger partial charge in [-0.2, -0.15) is 5.10 Å². The van der Waals surface area contributed by atoms with Crippen LogP contribution in [0.1, 0.15) is 51.8 Å². The van der Waals surface area contributed by atoms with Crippen molar-refractivity contribution in [2.45, 2.75) is 39.2 Å². The van der Waals surface area contributed by atoms with Gasteiger partial charge in [0.15, 0.2) is 0 Å². The number of pyridine rings is 1. The van der Waals surface area contributed by atoms with Crippen molar-refractivity contribution in [1.29, 1.82) is 0 Å². The Morgan fingerprint density at radius 1 is 1.24 bits per heavy atom. The zero-order valence-electron chi connectivity index (χ0n) is 14.8. The van der Waals surface area contributed by atoms with Gasteiger partial charge < -0.3 is 4.90 Å². The van der Waals surface area contributed by atoms with Crippen LogP contribution in [0.2, 0.25) is 0 Å². The van der Waals surface area contributed by atoms with E-state index >= 15 is 0 Å². The third-order valence-corrected chi connectivity index (χ3v) is 4.79. The quantitative estimate of drug-likeness (QED) is 0.791. The number of nitrogens with zero attached hydrogens (tertiary/aromatic N) is 3. The lowest BCUT2D eigenvalue weighted by Crippen LogP contribution is -2.27. The molecule has 0 saturated heterocycles. The van der Waals surface area contributed by atoms with Gasteiger partial charge in [0.1, 0.15) is 0 Å². The Morgan fingerprint density at radius 2 is 2.04 bits per heavy atom. The maximum atomic E-state index is 12.9. The molecule has 25 heavy (non-hydrogen) atoms. The highest BCUT2D eigenvalue weighted by atomic mass is 16.2. The van der Waals surface area contributed by atoms with Crippen LogP contribution in [0.15, 0.2) is 30.3 Å². The SMILES string of the molecule is Cc1ccc2nc(C)c(C(=O)N(C)Cc3cc(C4CC4)n[nH]3)cc2c1. The van der Waals surface area contributed by atoms with Crippen molar-refractivity contribution < 1.29 is 4.79 Å². The summed E-state index contributed by atoms with van der Waals surface area (Å²) in [7, 11) is 1.82. The number of carbonyl (C=O) groups is 1. The maximum absolute atomic E-state index is 12.9. The zero-order chi connectivity index (χ0) is 17.6. The Balaban J connectivity index is 1.57. The first-order valence-electron chi connectivity index (χ1n) is 8.69. The summed E-state index contributed by atoms with van der Waals surface area (Å²) < 4.78 is 0. The fraction of sp³-hybridized carbons (Fsp3) is 0.350. The van der Waals surface area contributed by atoms with Gasteiger partial charge in [-0.15, -0.1) is 0 Å². The monoisotopic (exact) mass is 334 g/mol. The molecular weight excluding hydrogens is 312 g/mol. The molecule has 0 unspecified atom stereocenters. The standard InChI is InChI=1S/C20H22N4O/c1-12-4-7-18-15(8-12)9-17(13(2)21-18)20(25)24(3)11-16-10-19(23-22-16)14-5-6-14/h4,7-10,14H,5-6,11H2,1-3H3,(H,22,23). The van der Waals surface area contributed by atoms with E-state index in [0.29, 0.717) is 18.0 Å². The second-order valence-corrected chi connectivity index (χ2v) is 7.07. The first kappa shape index (κ1) is 15.8.